The van der Waals surface area contributed by atoms with Crippen LogP contribution >= 0.6 is 0 Å². The van der Waals surface area contributed by atoms with Gasteiger partial charge in [-0.15, -0.1) is 0 Å². The lowest BCUT2D eigenvalue weighted by Gasteiger charge is -2.24. The van der Waals surface area contributed by atoms with Gasteiger partial charge in [0.05, 0.1) is 12.2 Å². The Balaban J connectivity index is 1.73. The Morgan fingerprint density at radius 2 is 2.00 bits per heavy atom. The molecule has 2 aromatic heterocycles. The number of nitrogens with two attached hydrogens (primary N) is 1. The smallest absolute Gasteiger partial charge is 0.254 e. The third-order valence-corrected chi connectivity index (χ3v) is 6.02. The first-order valence-electron chi connectivity index (χ1n) is 10.4. The van der Waals surface area contributed by atoms with Gasteiger partial charge in [-0.25, -0.2) is 9.37 Å². The number of nitrogen functional groups attached to an aromatic ring is 1. The average Bonchev–Trinajstić information content (AvgIpc) is 3.51. The van der Waals surface area contributed by atoms with Crippen LogP contribution in [-0.2, 0) is 13.6 Å². The molecule has 1 amide bonds. The molecule has 5 rings (SSSR count). The number of benzene rings is 1. The van der Waals surface area contributed by atoms with E-state index in [-0.39, 0.29) is 11.7 Å². The number of ether oxygens (including phenoxy) is 1. The maximum absolute atomic E-state index is 14.0. The molecule has 3 heterocycles. The quantitative estimate of drug-likeness (QED) is 0.646. The van der Waals surface area contributed by atoms with Crippen LogP contribution in [0.3, 0.4) is 0 Å². The Hall–Kier alpha value is -3.42. The van der Waals surface area contributed by atoms with Gasteiger partial charge in [-0.05, 0) is 44.0 Å². The second-order valence-electron chi connectivity index (χ2n) is 8.37. The van der Waals surface area contributed by atoms with Gasteiger partial charge < -0.3 is 15.4 Å². The van der Waals surface area contributed by atoms with E-state index in [4.69, 9.17) is 15.6 Å². The highest BCUT2D eigenvalue weighted by Gasteiger charge is 2.33. The van der Waals surface area contributed by atoms with E-state index in [2.05, 4.69) is 4.98 Å². The Bertz CT molecular complexity index is 1200. The van der Waals surface area contributed by atoms with Crippen LogP contribution in [-0.4, -0.2) is 32.6 Å². The van der Waals surface area contributed by atoms with Crippen molar-refractivity contribution in [2.75, 3.05) is 12.8 Å². The van der Waals surface area contributed by atoms with Crippen molar-refractivity contribution in [2.24, 2.45) is 7.05 Å². The van der Waals surface area contributed by atoms with Gasteiger partial charge in [-0.1, -0.05) is 0 Å². The molecule has 0 radical (unpaired) electrons. The Morgan fingerprint density at radius 1 is 1.23 bits per heavy atom. The average molecular weight is 421 g/mol. The van der Waals surface area contributed by atoms with Crippen LogP contribution in [0.25, 0.3) is 11.1 Å². The van der Waals surface area contributed by atoms with Crippen LogP contribution < -0.4 is 10.5 Å². The van der Waals surface area contributed by atoms with E-state index in [0.717, 1.165) is 35.4 Å². The van der Waals surface area contributed by atoms with E-state index in [1.165, 1.54) is 18.2 Å². The fourth-order valence-corrected chi connectivity index (χ4v) is 4.35. The lowest BCUT2D eigenvalue weighted by atomic mass is 9.99. The lowest BCUT2D eigenvalue weighted by Crippen LogP contribution is -2.28. The summed E-state index contributed by atoms with van der Waals surface area (Å²) in [5.41, 5.74) is 10.7. The number of hydrogen-bond donors (Lipinski definition) is 1. The third-order valence-electron chi connectivity index (χ3n) is 6.02. The molecule has 2 aliphatic rings. The molecule has 3 aromatic rings. The monoisotopic (exact) mass is 421 g/mol. The second-order valence-corrected chi connectivity index (χ2v) is 8.37. The van der Waals surface area contributed by atoms with Crippen LogP contribution in [0.2, 0.25) is 0 Å². The normalized spacial score (nSPS) is 18.5. The molecule has 7 nitrogen and oxygen atoms in total. The number of pyridine rings is 1. The van der Waals surface area contributed by atoms with Crippen LogP contribution in [0.5, 0.6) is 5.75 Å². The number of anilines is 1. The minimum atomic E-state index is -0.599. The highest BCUT2D eigenvalue weighted by Crippen LogP contribution is 2.46. The number of rotatable bonds is 1. The zero-order chi connectivity index (χ0) is 21.9. The van der Waals surface area contributed by atoms with Gasteiger partial charge >= 0.3 is 0 Å². The first-order valence-corrected chi connectivity index (χ1v) is 10.4. The SMILES string of the molecule is CC1Oc2cc(cnc2N)-c2c(nn(C)c2C2CC2)CN(C)C(=O)c2ccc(F)cc21. The van der Waals surface area contributed by atoms with Gasteiger partial charge in [0.25, 0.3) is 5.91 Å². The molecule has 160 valence electrons. The zero-order valence-electron chi connectivity index (χ0n) is 17.7. The largest absolute Gasteiger partial charge is 0.482 e. The molecule has 2 bridgehead atoms. The minimum Gasteiger partial charge on any atom is -0.482 e. The summed E-state index contributed by atoms with van der Waals surface area (Å²) >= 11 is 0. The number of carbonyl (C=O) groups is 1. The molecule has 1 aromatic carbocycles. The summed E-state index contributed by atoms with van der Waals surface area (Å²) < 4.78 is 22.1. The van der Waals surface area contributed by atoms with E-state index in [1.807, 2.05) is 17.8 Å². The molecule has 1 aliphatic heterocycles. The Labute approximate surface area is 179 Å². The van der Waals surface area contributed by atoms with Crippen molar-refractivity contribution >= 4 is 11.7 Å². The maximum Gasteiger partial charge on any atom is 0.254 e. The van der Waals surface area contributed by atoms with Crippen molar-refractivity contribution in [1.82, 2.24) is 19.7 Å². The van der Waals surface area contributed by atoms with E-state index < -0.39 is 11.9 Å². The van der Waals surface area contributed by atoms with Crippen molar-refractivity contribution < 1.29 is 13.9 Å². The molecule has 1 unspecified atom stereocenters. The second kappa shape index (κ2) is 7.08. The Kier molecular flexibility index (Phi) is 4.46. The summed E-state index contributed by atoms with van der Waals surface area (Å²) in [4.78, 5) is 19.3. The van der Waals surface area contributed by atoms with Crippen molar-refractivity contribution in [3.05, 3.63) is 58.8 Å². The molecule has 1 saturated carbocycles. The first kappa shape index (κ1) is 19.5. The number of fused-ring (bicyclic) bond motifs is 5. The van der Waals surface area contributed by atoms with Crippen LogP contribution in [0, 0.1) is 5.82 Å². The van der Waals surface area contributed by atoms with Gasteiger partial charge in [0.1, 0.15) is 11.9 Å². The fraction of sp³-hybridized carbons (Fsp3) is 0.348. The van der Waals surface area contributed by atoms with Gasteiger partial charge in [0, 0.05) is 54.2 Å². The third kappa shape index (κ3) is 3.32. The predicted molar refractivity (Wildman–Crippen MR) is 114 cm³/mol. The molecular formula is C23H24FN5O2. The summed E-state index contributed by atoms with van der Waals surface area (Å²) in [6, 6.07) is 6.00. The number of halogens is 1. The fourth-order valence-electron chi connectivity index (χ4n) is 4.35. The number of carbonyl (C=O) groups excluding carboxylic acids is 1. The predicted octanol–water partition coefficient (Wildman–Crippen LogP) is 3.81. The number of amides is 1. The molecule has 1 aliphatic carbocycles. The molecule has 8 heteroatoms. The van der Waals surface area contributed by atoms with Crippen LogP contribution in [0.15, 0.2) is 30.5 Å². The molecule has 1 atom stereocenters. The van der Waals surface area contributed by atoms with Gasteiger partial charge in [0.15, 0.2) is 11.6 Å². The van der Waals surface area contributed by atoms with Crippen molar-refractivity contribution in [3.63, 3.8) is 0 Å². The highest BCUT2D eigenvalue weighted by molar-refractivity contribution is 5.95. The zero-order valence-corrected chi connectivity index (χ0v) is 17.7. The topological polar surface area (TPSA) is 86.3 Å². The van der Waals surface area contributed by atoms with Crippen LogP contribution in [0.4, 0.5) is 10.2 Å². The van der Waals surface area contributed by atoms with E-state index >= 15 is 0 Å². The summed E-state index contributed by atoms with van der Waals surface area (Å²) in [5.74, 6) is 0.438. The molecule has 1 fully saturated rings. The molecular weight excluding hydrogens is 397 g/mol. The van der Waals surface area contributed by atoms with Gasteiger partial charge in [-0.2, -0.15) is 5.10 Å². The van der Waals surface area contributed by atoms with E-state index in [1.54, 1.807) is 25.1 Å². The molecule has 31 heavy (non-hydrogen) atoms. The summed E-state index contributed by atoms with van der Waals surface area (Å²) in [6.45, 7) is 2.09. The highest BCUT2D eigenvalue weighted by atomic mass is 19.1. The molecule has 0 spiro atoms. The first-order chi connectivity index (χ1) is 14.8. The minimum absolute atomic E-state index is 0.217. The Morgan fingerprint density at radius 3 is 2.74 bits per heavy atom. The van der Waals surface area contributed by atoms with Crippen LogP contribution in [0.1, 0.15) is 59.1 Å². The van der Waals surface area contributed by atoms with Crippen molar-refractivity contribution in [1.29, 1.82) is 0 Å². The van der Waals surface area contributed by atoms with Gasteiger partial charge in [0.2, 0.25) is 0 Å². The maximum atomic E-state index is 14.0. The van der Waals surface area contributed by atoms with E-state index in [0.29, 0.717) is 29.3 Å². The summed E-state index contributed by atoms with van der Waals surface area (Å²) in [7, 11) is 3.66. The van der Waals surface area contributed by atoms with E-state index in [9.17, 15) is 9.18 Å². The number of nitrogens with zero attached hydrogens (tertiary/aromatic N) is 4. The lowest BCUT2D eigenvalue weighted by molar-refractivity contribution is 0.0778. The molecule has 0 saturated heterocycles. The number of aryl methyl sites for hydroxylation is 1. The van der Waals surface area contributed by atoms with Crippen molar-refractivity contribution in [3.8, 4) is 16.9 Å². The van der Waals surface area contributed by atoms with Crippen molar-refractivity contribution in [2.45, 2.75) is 38.3 Å². The number of hydrogen-bond acceptors (Lipinski definition) is 5. The number of aromatic nitrogens is 3. The standard InChI is InChI=1S/C23H24FN5O2/c1-12-17-9-15(24)6-7-16(17)23(30)28(2)11-18-20(21(13-4-5-13)29(3)27-18)14-8-19(31-12)22(25)26-10-14/h6-10,12-13H,4-5,11H2,1-3H3,(H2,25,26). The summed E-state index contributed by atoms with van der Waals surface area (Å²) in [6.07, 6.45) is 3.35. The van der Waals surface area contributed by atoms with Gasteiger partial charge in [-0.3, -0.25) is 9.48 Å². The molecule has 2 N–H and O–H groups in total. The summed E-state index contributed by atoms with van der Waals surface area (Å²) in [5, 5.41) is 4.75.